The summed E-state index contributed by atoms with van der Waals surface area (Å²) in [5.41, 5.74) is 5.37. The first-order chi connectivity index (χ1) is 5.68. The van der Waals surface area contributed by atoms with Crippen molar-refractivity contribution in [2.75, 3.05) is 5.73 Å². The molecule has 4 N–H and O–H groups in total. The van der Waals surface area contributed by atoms with Gasteiger partial charge in [0.2, 0.25) is 0 Å². The third-order valence-electron chi connectivity index (χ3n) is 1.54. The van der Waals surface area contributed by atoms with Crippen LogP contribution in [0, 0.1) is 0 Å². The van der Waals surface area contributed by atoms with Gasteiger partial charge in [-0.2, -0.15) is 4.73 Å². The van der Waals surface area contributed by atoms with Gasteiger partial charge in [-0.15, -0.1) is 0 Å². The summed E-state index contributed by atoms with van der Waals surface area (Å²) >= 11 is 0. The predicted octanol–water partition coefficient (Wildman–Crippen LogP) is -0.456. The fourth-order valence-electron chi connectivity index (χ4n) is 1.05. The first kappa shape index (κ1) is 6.71. The van der Waals surface area contributed by atoms with E-state index in [0.717, 1.165) is 6.33 Å². The minimum absolute atomic E-state index is 0.101. The summed E-state index contributed by atoms with van der Waals surface area (Å²) in [6.45, 7) is 0. The third-order valence-corrected chi connectivity index (χ3v) is 1.54. The van der Waals surface area contributed by atoms with Gasteiger partial charge in [0.25, 0.3) is 5.56 Å². The highest BCUT2D eigenvalue weighted by Crippen LogP contribution is 2.07. The maximum absolute atomic E-state index is 11.1. The minimum atomic E-state index is -0.454. The van der Waals surface area contributed by atoms with E-state index in [1.165, 1.54) is 6.07 Å². The summed E-state index contributed by atoms with van der Waals surface area (Å²) in [6.07, 6.45) is 1.14. The Kier molecular flexibility index (Phi) is 1.12. The number of aromatic amines is 1. The summed E-state index contributed by atoms with van der Waals surface area (Å²) < 4.78 is 0.660. The Hall–Kier alpha value is -1.98. The second-order valence-corrected chi connectivity index (χ2v) is 2.38. The lowest BCUT2D eigenvalue weighted by molar-refractivity contribution is 0.197. The molecule has 0 saturated carbocycles. The van der Waals surface area contributed by atoms with Crippen LogP contribution in [0.4, 0.5) is 5.82 Å². The van der Waals surface area contributed by atoms with Crippen molar-refractivity contribution in [3.63, 3.8) is 0 Å². The molecule has 0 fully saturated rings. The van der Waals surface area contributed by atoms with Crippen LogP contribution in [0.1, 0.15) is 0 Å². The molecule has 62 valence electrons. The van der Waals surface area contributed by atoms with E-state index in [1.807, 2.05) is 0 Å². The maximum Gasteiger partial charge on any atom is 0.279 e. The number of nitrogens with zero attached hydrogens (tertiary/aromatic N) is 2. The largest absolute Gasteiger partial charge is 0.427 e. The van der Waals surface area contributed by atoms with Gasteiger partial charge in [0, 0.05) is 6.07 Å². The molecule has 2 heterocycles. The number of imidazole rings is 1. The highest BCUT2D eigenvalue weighted by atomic mass is 16.5. The monoisotopic (exact) mass is 166 g/mol. The number of nitrogens with two attached hydrogens (primary N) is 1. The molecule has 0 atom stereocenters. The van der Waals surface area contributed by atoms with Crippen LogP contribution in [-0.2, 0) is 0 Å². The van der Waals surface area contributed by atoms with Gasteiger partial charge >= 0.3 is 0 Å². The van der Waals surface area contributed by atoms with Crippen LogP contribution < -0.4 is 11.3 Å². The molecular formula is C6H6N4O2. The number of hydrogen-bond donors (Lipinski definition) is 3. The summed E-state index contributed by atoms with van der Waals surface area (Å²) in [5, 5.41) is 9.08. The minimum Gasteiger partial charge on any atom is -0.427 e. The van der Waals surface area contributed by atoms with Crippen LogP contribution in [0.15, 0.2) is 17.2 Å². The third kappa shape index (κ3) is 0.746. The Balaban J connectivity index is 3.03. The van der Waals surface area contributed by atoms with E-state index in [9.17, 15) is 4.79 Å². The number of pyridine rings is 1. The highest BCUT2D eigenvalue weighted by Gasteiger charge is 2.05. The number of H-pyrrole nitrogens is 1. The van der Waals surface area contributed by atoms with Crippen LogP contribution >= 0.6 is 0 Å². The predicted molar refractivity (Wildman–Crippen MR) is 42.0 cm³/mol. The Bertz CT molecular complexity index is 484. The molecule has 2 aromatic rings. The second-order valence-electron chi connectivity index (χ2n) is 2.38. The second kappa shape index (κ2) is 2.00. The average molecular weight is 166 g/mol. The molecule has 6 heteroatoms. The van der Waals surface area contributed by atoms with Crippen LogP contribution in [0.25, 0.3) is 11.0 Å². The van der Waals surface area contributed by atoms with Crippen LogP contribution in [0.5, 0.6) is 0 Å². The Morgan fingerprint density at radius 2 is 2.42 bits per heavy atom. The Morgan fingerprint density at radius 3 is 3.17 bits per heavy atom. The van der Waals surface area contributed by atoms with Crippen molar-refractivity contribution < 1.29 is 5.21 Å². The van der Waals surface area contributed by atoms with Crippen molar-refractivity contribution in [1.29, 1.82) is 0 Å². The van der Waals surface area contributed by atoms with E-state index >= 15 is 0 Å². The normalized spacial score (nSPS) is 10.7. The summed E-state index contributed by atoms with van der Waals surface area (Å²) in [6, 6.07) is 1.48. The molecule has 0 aliphatic rings. The van der Waals surface area contributed by atoms with Gasteiger partial charge in [0.05, 0.1) is 0 Å². The van der Waals surface area contributed by atoms with Crippen molar-refractivity contribution in [3.8, 4) is 0 Å². The van der Waals surface area contributed by atoms with Crippen molar-refractivity contribution >= 4 is 16.9 Å². The van der Waals surface area contributed by atoms with E-state index in [2.05, 4.69) is 9.97 Å². The fraction of sp³-hybridized carbons (Fsp3) is 0. The molecule has 0 saturated heterocycles. The Labute approximate surface area is 66.2 Å². The van der Waals surface area contributed by atoms with Gasteiger partial charge in [-0.1, -0.05) is 0 Å². The lowest BCUT2D eigenvalue weighted by atomic mass is 10.4. The Morgan fingerprint density at radius 1 is 1.67 bits per heavy atom. The smallest absolute Gasteiger partial charge is 0.279 e. The zero-order valence-corrected chi connectivity index (χ0v) is 5.98. The standard InChI is InChI=1S/C6H6N4O2/c7-4-1-3-5(6(11)9-4)10(12)2-8-3/h1-2,12H,(H3,7,9,11). The molecule has 0 aliphatic heterocycles. The number of hydrogen-bond acceptors (Lipinski definition) is 4. The van der Waals surface area contributed by atoms with E-state index in [4.69, 9.17) is 10.9 Å². The molecule has 0 aromatic carbocycles. The van der Waals surface area contributed by atoms with Crippen molar-refractivity contribution in [3.05, 3.63) is 22.7 Å². The fourth-order valence-corrected chi connectivity index (χ4v) is 1.05. The molecule has 0 amide bonds. The van der Waals surface area contributed by atoms with Gasteiger partial charge < -0.3 is 15.9 Å². The van der Waals surface area contributed by atoms with E-state index in [1.54, 1.807) is 0 Å². The van der Waals surface area contributed by atoms with Crippen molar-refractivity contribution in [1.82, 2.24) is 14.7 Å². The number of rotatable bonds is 0. The van der Waals surface area contributed by atoms with Gasteiger partial charge in [-0.3, -0.25) is 4.79 Å². The van der Waals surface area contributed by atoms with Crippen molar-refractivity contribution in [2.45, 2.75) is 0 Å². The number of nitrogen functional groups attached to an aromatic ring is 1. The average Bonchev–Trinajstić information content (AvgIpc) is 2.31. The zero-order valence-electron chi connectivity index (χ0n) is 5.98. The SMILES string of the molecule is Nc1cc2ncn(O)c2c(=O)[nH]1. The topological polar surface area (TPSA) is 96.9 Å². The van der Waals surface area contributed by atoms with Crippen LogP contribution in [0.2, 0.25) is 0 Å². The first-order valence-electron chi connectivity index (χ1n) is 3.23. The maximum atomic E-state index is 11.1. The van der Waals surface area contributed by atoms with Crippen LogP contribution in [0.3, 0.4) is 0 Å². The summed E-state index contributed by atoms with van der Waals surface area (Å²) in [7, 11) is 0. The van der Waals surface area contributed by atoms with Crippen LogP contribution in [-0.4, -0.2) is 19.9 Å². The quantitative estimate of drug-likeness (QED) is 0.461. The number of nitrogens with one attached hydrogen (secondary N) is 1. The van der Waals surface area contributed by atoms with E-state index < -0.39 is 5.56 Å². The number of fused-ring (bicyclic) bond motifs is 1. The lowest BCUT2D eigenvalue weighted by Crippen LogP contribution is -2.11. The van der Waals surface area contributed by atoms with E-state index in [0.29, 0.717) is 10.2 Å². The molecular weight excluding hydrogens is 160 g/mol. The molecule has 6 nitrogen and oxygen atoms in total. The first-order valence-corrected chi connectivity index (χ1v) is 3.23. The lowest BCUT2D eigenvalue weighted by Gasteiger charge is -1.93. The summed E-state index contributed by atoms with van der Waals surface area (Å²) in [5.74, 6) is 0.228. The molecule has 0 aliphatic carbocycles. The van der Waals surface area contributed by atoms with Gasteiger partial charge in [-0.05, 0) is 0 Å². The summed E-state index contributed by atoms with van der Waals surface area (Å²) in [4.78, 5) is 17.2. The molecule has 2 rings (SSSR count). The molecule has 0 spiro atoms. The van der Waals surface area contributed by atoms with Gasteiger partial charge in [0.1, 0.15) is 17.7 Å². The number of anilines is 1. The molecule has 0 unspecified atom stereocenters. The van der Waals surface area contributed by atoms with E-state index in [-0.39, 0.29) is 11.3 Å². The van der Waals surface area contributed by atoms with Crippen molar-refractivity contribution in [2.24, 2.45) is 0 Å². The van der Waals surface area contributed by atoms with Gasteiger partial charge in [-0.25, -0.2) is 4.98 Å². The van der Waals surface area contributed by atoms with Gasteiger partial charge in [0.15, 0.2) is 5.52 Å². The molecule has 12 heavy (non-hydrogen) atoms. The highest BCUT2D eigenvalue weighted by molar-refractivity contribution is 5.76. The number of aromatic nitrogens is 3. The molecule has 2 aromatic heterocycles. The molecule has 0 bridgehead atoms. The molecule has 0 radical (unpaired) electrons. The zero-order chi connectivity index (χ0) is 8.72.